The van der Waals surface area contributed by atoms with Gasteiger partial charge in [-0.25, -0.2) is 16.8 Å². The molecule has 0 aliphatic carbocycles. The van der Waals surface area contributed by atoms with E-state index in [1.807, 2.05) is 13.0 Å². The lowest BCUT2D eigenvalue weighted by Crippen LogP contribution is -2.17. The van der Waals surface area contributed by atoms with Crippen molar-refractivity contribution in [2.24, 2.45) is 0 Å². The second kappa shape index (κ2) is 11.3. The van der Waals surface area contributed by atoms with Gasteiger partial charge in [0.2, 0.25) is 0 Å². The van der Waals surface area contributed by atoms with Gasteiger partial charge >= 0.3 is 0 Å². The Balaban J connectivity index is 1.52. The highest BCUT2D eigenvalue weighted by atomic mass is 35.5. The first-order valence-corrected chi connectivity index (χ1v) is 15.2. The molecule has 12 heteroatoms. The first-order valence-electron chi connectivity index (χ1n) is 11.4. The van der Waals surface area contributed by atoms with Crippen LogP contribution < -0.4 is 14.8 Å². The van der Waals surface area contributed by atoms with Crippen molar-refractivity contribution in [3.63, 3.8) is 0 Å². The molecule has 0 spiro atoms. The maximum absolute atomic E-state index is 13.1. The third-order valence-corrected chi connectivity index (χ3v) is 9.43. The molecule has 0 saturated heterocycles. The maximum Gasteiger partial charge on any atom is 0.263 e. The zero-order valence-electron chi connectivity index (χ0n) is 20.7. The molecular weight excluding hydrogens is 581 g/mol. The average molecular weight is 605 g/mol. The molecule has 0 aliphatic rings. The van der Waals surface area contributed by atoms with E-state index in [2.05, 4.69) is 14.8 Å². The number of amides is 1. The van der Waals surface area contributed by atoms with E-state index in [0.717, 1.165) is 11.1 Å². The summed E-state index contributed by atoms with van der Waals surface area (Å²) in [6, 6.07) is 21.0. The predicted octanol–water partition coefficient (Wildman–Crippen LogP) is 6.46. The number of hydrogen-bond acceptors (Lipinski definition) is 5. The predicted molar refractivity (Wildman–Crippen MR) is 155 cm³/mol. The number of hydrogen-bond donors (Lipinski definition) is 3. The summed E-state index contributed by atoms with van der Waals surface area (Å²) >= 11 is 12.2. The number of rotatable bonds is 8. The number of benzene rings is 4. The lowest BCUT2D eigenvalue weighted by atomic mass is 10.1. The van der Waals surface area contributed by atoms with Gasteiger partial charge in [-0.05, 0) is 85.6 Å². The van der Waals surface area contributed by atoms with E-state index in [1.165, 1.54) is 48.5 Å². The van der Waals surface area contributed by atoms with Crippen LogP contribution in [0.5, 0.6) is 0 Å². The maximum atomic E-state index is 13.1. The largest absolute Gasteiger partial charge is 0.322 e. The quantitative estimate of drug-likeness (QED) is 0.213. The Bertz CT molecular complexity index is 1780. The second-order valence-corrected chi connectivity index (χ2v) is 12.7. The summed E-state index contributed by atoms with van der Waals surface area (Å²) in [6.45, 7) is 3.66. The molecule has 0 aromatic heterocycles. The van der Waals surface area contributed by atoms with Gasteiger partial charge in [-0.1, -0.05) is 47.5 Å². The Morgan fingerprint density at radius 3 is 2.03 bits per heavy atom. The SMILES string of the molecule is Cc1cccc(NS(=O)(=O)c2cc(C(=O)Nc3ccc(S(=O)(=O)Nc4ccccc4Cl)cc3)ccc2Cl)c1C. The summed E-state index contributed by atoms with van der Waals surface area (Å²) in [5.74, 6) is -0.611. The minimum absolute atomic E-state index is 0.0397. The van der Waals surface area contributed by atoms with E-state index in [0.29, 0.717) is 11.4 Å². The average Bonchev–Trinajstić information content (AvgIpc) is 2.88. The molecule has 0 atom stereocenters. The van der Waals surface area contributed by atoms with E-state index >= 15 is 0 Å². The zero-order chi connectivity index (χ0) is 28.4. The van der Waals surface area contributed by atoms with Crippen LogP contribution in [-0.2, 0) is 20.0 Å². The summed E-state index contributed by atoms with van der Waals surface area (Å²) in [4.78, 5) is 12.6. The molecule has 1 amide bonds. The van der Waals surface area contributed by atoms with Crippen LogP contribution in [0.4, 0.5) is 17.1 Å². The van der Waals surface area contributed by atoms with Crippen molar-refractivity contribution in [2.75, 3.05) is 14.8 Å². The third kappa shape index (κ3) is 6.54. The number of para-hydroxylation sites is 1. The first-order chi connectivity index (χ1) is 18.4. The van der Waals surface area contributed by atoms with Gasteiger partial charge in [-0.3, -0.25) is 14.2 Å². The van der Waals surface area contributed by atoms with Crippen LogP contribution in [0.15, 0.2) is 94.7 Å². The van der Waals surface area contributed by atoms with E-state index in [1.54, 1.807) is 37.3 Å². The number of carbonyl (C=O) groups is 1. The molecule has 0 saturated carbocycles. The smallest absolute Gasteiger partial charge is 0.263 e. The summed E-state index contributed by atoms with van der Waals surface area (Å²) in [5, 5.41) is 2.82. The Kier molecular flexibility index (Phi) is 8.22. The molecule has 8 nitrogen and oxygen atoms in total. The van der Waals surface area contributed by atoms with Gasteiger partial charge in [0.1, 0.15) is 4.90 Å². The molecule has 4 aromatic carbocycles. The van der Waals surface area contributed by atoms with Crippen molar-refractivity contribution in [1.29, 1.82) is 0 Å². The van der Waals surface area contributed by atoms with E-state index in [4.69, 9.17) is 23.2 Å². The molecule has 202 valence electrons. The van der Waals surface area contributed by atoms with Gasteiger partial charge < -0.3 is 5.32 Å². The van der Waals surface area contributed by atoms with Gasteiger partial charge in [0, 0.05) is 11.3 Å². The van der Waals surface area contributed by atoms with Crippen molar-refractivity contribution >= 4 is 66.2 Å². The number of anilines is 3. The molecular formula is C27H23Cl2N3O5S2. The Hall–Kier alpha value is -3.57. The fourth-order valence-corrected chi connectivity index (χ4v) is 6.55. The van der Waals surface area contributed by atoms with Crippen LogP contribution in [0, 0.1) is 13.8 Å². The molecule has 4 rings (SSSR count). The zero-order valence-corrected chi connectivity index (χ0v) is 23.8. The fourth-order valence-electron chi connectivity index (χ4n) is 3.58. The number of sulfonamides is 2. The van der Waals surface area contributed by atoms with Crippen LogP contribution >= 0.6 is 23.2 Å². The normalized spacial score (nSPS) is 11.6. The number of nitrogens with one attached hydrogen (secondary N) is 3. The van der Waals surface area contributed by atoms with Crippen LogP contribution in [-0.4, -0.2) is 22.7 Å². The lowest BCUT2D eigenvalue weighted by Gasteiger charge is -2.14. The molecule has 39 heavy (non-hydrogen) atoms. The summed E-state index contributed by atoms with van der Waals surface area (Å²) in [5.41, 5.74) is 2.64. The number of aryl methyl sites for hydroxylation is 1. The van der Waals surface area contributed by atoms with Crippen molar-refractivity contribution in [3.8, 4) is 0 Å². The molecule has 0 fully saturated rings. The van der Waals surface area contributed by atoms with Crippen molar-refractivity contribution in [3.05, 3.63) is 112 Å². The van der Waals surface area contributed by atoms with Crippen molar-refractivity contribution < 1.29 is 21.6 Å². The van der Waals surface area contributed by atoms with E-state index in [-0.39, 0.29) is 31.1 Å². The highest BCUT2D eigenvalue weighted by Crippen LogP contribution is 2.28. The van der Waals surface area contributed by atoms with Crippen LogP contribution in [0.25, 0.3) is 0 Å². The number of carbonyl (C=O) groups excluding carboxylic acids is 1. The fraction of sp³-hybridized carbons (Fsp3) is 0.0741. The molecule has 3 N–H and O–H groups in total. The van der Waals surface area contributed by atoms with Crippen LogP contribution in [0.2, 0.25) is 10.0 Å². The van der Waals surface area contributed by atoms with E-state index < -0.39 is 26.0 Å². The Labute approximate surface area is 237 Å². The summed E-state index contributed by atoms with van der Waals surface area (Å²) in [6.07, 6.45) is 0. The van der Waals surface area contributed by atoms with E-state index in [9.17, 15) is 21.6 Å². The minimum Gasteiger partial charge on any atom is -0.322 e. The van der Waals surface area contributed by atoms with Gasteiger partial charge in [0.05, 0.1) is 26.3 Å². The second-order valence-electron chi connectivity index (χ2n) is 8.56. The van der Waals surface area contributed by atoms with Gasteiger partial charge in [-0.2, -0.15) is 0 Å². The van der Waals surface area contributed by atoms with Gasteiger partial charge in [0.25, 0.3) is 26.0 Å². The molecule has 4 aromatic rings. The highest BCUT2D eigenvalue weighted by molar-refractivity contribution is 7.93. The topological polar surface area (TPSA) is 121 Å². The number of halogens is 2. The summed E-state index contributed by atoms with van der Waals surface area (Å²) < 4.78 is 56.6. The highest BCUT2D eigenvalue weighted by Gasteiger charge is 2.22. The Morgan fingerprint density at radius 1 is 0.692 bits per heavy atom. The lowest BCUT2D eigenvalue weighted by molar-refractivity contribution is 0.102. The molecule has 0 radical (unpaired) electrons. The minimum atomic E-state index is -4.11. The monoisotopic (exact) mass is 603 g/mol. The first kappa shape index (κ1) is 28.4. The van der Waals surface area contributed by atoms with Crippen LogP contribution in [0.3, 0.4) is 0 Å². The van der Waals surface area contributed by atoms with Crippen LogP contribution in [0.1, 0.15) is 21.5 Å². The molecule has 0 aliphatic heterocycles. The Morgan fingerprint density at radius 2 is 1.33 bits per heavy atom. The van der Waals surface area contributed by atoms with Crippen molar-refractivity contribution in [2.45, 2.75) is 23.6 Å². The van der Waals surface area contributed by atoms with Gasteiger partial charge in [0.15, 0.2) is 0 Å². The molecule has 0 unspecified atom stereocenters. The van der Waals surface area contributed by atoms with Gasteiger partial charge in [-0.15, -0.1) is 0 Å². The summed E-state index contributed by atoms with van der Waals surface area (Å²) in [7, 11) is -8.04. The standard InChI is InChI=1S/C27H23Cl2N3O5S2/c1-17-6-5-9-24(18(17)2)31-39(36,37)26-16-19(10-15-23(26)29)27(33)30-20-11-13-21(14-12-20)38(34,35)32-25-8-4-3-7-22(25)28/h3-16,31-32H,1-2H3,(H,30,33). The van der Waals surface area contributed by atoms with Crippen molar-refractivity contribution in [1.82, 2.24) is 0 Å². The third-order valence-electron chi connectivity index (χ3n) is 5.87. The molecule has 0 bridgehead atoms. The molecule has 0 heterocycles.